The molecule has 2 rings (SSSR count). The number of carbonyl (C=O) groups excluding carboxylic acids is 1. The summed E-state index contributed by atoms with van der Waals surface area (Å²) in [6.07, 6.45) is 0. The van der Waals surface area contributed by atoms with Crippen molar-refractivity contribution in [3.63, 3.8) is 0 Å². The van der Waals surface area contributed by atoms with Gasteiger partial charge in [0.25, 0.3) is 0 Å². The van der Waals surface area contributed by atoms with Crippen molar-refractivity contribution in [1.82, 2.24) is 4.31 Å². The van der Waals surface area contributed by atoms with Gasteiger partial charge in [-0.05, 0) is 49.7 Å². The highest BCUT2D eigenvalue weighted by Gasteiger charge is 2.22. The second-order valence-electron chi connectivity index (χ2n) is 6.69. The van der Waals surface area contributed by atoms with Crippen LogP contribution in [0.25, 0.3) is 0 Å². The third-order valence-electron chi connectivity index (χ3n) is 4.61. The standard InChI is InChI=1S/C21H29ClN4O3S/c1-5-23-18-11-10-17(30(28,29)26(6-2)7-3)13-20(18)24-14-21(27)25-19-12-16(22)9-8-15(19)4/h8-13,23-24H,5-7,14H2,1-4H3,(H,25,27). The van der Waals surface area contributed by atoms with Crippen LogP contribution in [0, 0.1) is 6.92 Å². The average molecular weight is 453 g/mol. The van der Waals surface area contributed by atoms with Gasteiger partial charge in [-0.25, -0.2) is 8.42 Å². The number of nitrogens with zero attached hydrogens (tertiary/aromatic N) is 1. The van der Waals surface area contributed by atoms with Crippen LogP contribution in [0.15, 0.2) is 41.3 Å². The zero-order valence-corrected chi connectivity index (χ0v) is 19.3. The first-order valence-corrected chi connectivity index (χ1v) is 11.7. The monoisotopic (exact) mass is 452 g/mol. The minimum atomic E-state index is -3.60. The van der Waals surface area contributed by atoms with Crippen molar-refractivity contribution in [3.05, 3.63) is 47.0 Å². The summed E-state index contributed by atoms with van der Waals surface area (Å²) >= 11 is 6.00. The Balaban J connectivity index is 2.22. The molecule has 1 amide bonds. The van der Waals surface area contributed by atoms with E-state index in [0.717, 1.165) is 11.3 Å². The predicted octanol–water partition coefficient (Wildman–Crippen LogP) is 4.16. The average Bonchev–Trinajstić information content (AvgIpc) is 2.70. The smallest absolute Gasteiger partial charge is 0.243 e. The molecular formula is C21H29ClN4O3S. The van der Waals surface area contributed by atoms with Gasteiger partial charge < -0.3 is 16.0 Å². The molecule has 0 unspecified atom stereocenters. The lowest BCUT2D eigenvalue weighted by molar-refractivity contribution is -0.114. The van der Waals surface area contributed by atoms with E-state index in [2.05, 4.69) is 16.0 Å². The summed E-state index contributed by atoms with van der Waals surface area (Å²) in [7, 11) is -3.60. The molecule has 9 heteroatoms. The van der Waals surface area contributed by atoms with E-state index >= 15 is 0 Å². The van der Waals surface area contributed by atoms with E-state index in [0.29, 0.717) is 36.0 Å². The number of hydrogen-bond donors (Lipinski definition) is 3. The Morgan fingerprint density at radius 2 is 1.67 bits per heavy atom. The number of halogens is 1. The maximum Gasteiger partial charge on any atom is 0.243 e. The molecule has 0 spiro atoms. The Bertz CT molecular complexity index is 992. The molecule has 7 nitrogen and oxygen atoms in total. The van der Waals surface area contributed by atoms with Gasteiger partial charge in [0.1, 0.15) is 0 Å². The molecule has 2 aromatic carbocycles. The van der Waals surface area contributed by atoms with Crippen molar-refractivity contribution in [1.29, 1.82) is 0 Å². The summed E-state index contributed by atoms with van der Waals surface area (Å²) in [6.45, 7) is 8.83. The van der Waals surface area contributed by atoms with E-state index in [1.807, 2.05) is 19.9 Å². The normalized spacial score (nSPS) is 11.4. The number of anilines is 3. The van der Waals surface area contributed by atoms with Crippen LogP contribution in [0.5, 0.6) is 0 Å². The minimum absolute atomic E-state index is 0.0287. The van der Waals surface area contributed by atoms with Gasteiger partial charge in [-0.15, -0.1) is 0 Å². The summed E-state index contributed by atoms with van der Waals surface area (Å²) in [5, 5.41) is 9.59. The van der Waals surface area contributed by atoms with Gasteiger partial charge in [0.15, 0.2) is 0 Å². The minimum Gasteiger partial charge on any atom is -0.384 e. The molecule has 0 aromatic heterocycles. The molecule has 0 aliphatic carbocycles. The number of nitrogens with one attached hydrogen (secondary N) is 3. The van der Waals surface area contributed by atoms with E-state index in [4.69, 9.17) is 11.6 Å². The van der Waals surface area contributed by atoms with Crippen LogP contribution in [0.3, 0.4) is 0 Å². The first kappa shape index (κ1) is 24.0. The second kappa shape index (κ2) is 10.7. The summed E-state index contributed by atoms with van der Waals surface area (Å²) in [4.78, 5) is 12.6. The summed E-state index contributed by atoms with van der Waals surface area (Å²) < 4.78 is 27.1. The molecule has 164 valence electrons. The number of hydrogen-bond acceptors (Lipinski definition) is 5. The quantitative estimate of drug-likeness (QED) is 0.503. The lowest BCUT2D eigenvalue weighted by Gasteiger charge is -2.20. The van der Waals surface area contributed by atoms with Crippen LogP contribution in [0.1, 0.15) is 26.3 Å². The maximum atomic E-state index is 12.9. The number of rotatable bonds is 10. The van der Waals surface area contributed by atoms with Gasteiger partial charge in [0.2, 0.25) is 15.9 Å². The molecule has 0 atom stereocenters. The topological polar surface area (TPSA) is 90.5 Å². The molecule has 0 bridgehead atoms. The zero-order chi connectivity index (χ0) is 22.3. The molecule has 0 fully saturated rings. The SMILES string of the molecule is CCNc1ccc(S(=O)(=O)N(CC)CC)cc1NCC(=O)Nc1cc(Cl)ccc1C. The number of sulfonamides is 1. The lowest BCUT2D eigenvalue weighted by atomic mass is 10.2. The highest BCUT2D eigenvalue weighted by Crippen LogP contribution is 2.27. The van der Waals surface area contributed by atoms with Crippen molar-refractivity contribution in [3.8, 4) is 0 Å². The van der Waals surface area contributed by atoms with Crippen LogP contribution >= 0.6 is 11.6 Å². The van der Waals surface area contributed by atoms with Crippen LogP contribution in [0.2, 0.25) is 5.02 Å². The Morgan fingerprint density at radius 3 is 2.30 bits per heavy atom. The van der Waals surface area contributed by atoms with E-state index in [9.17, 15) is 13.2 Å². The number of amides is 1. The van der Waals surface area contributed by atoms with E-state index in [1.165, 1.54) is 4.31 Å². The van der Waals surface area contributed by atoms with Crippen LogP contribution < -0.4 is 16.0 Å². The van der Waals surface area contributed by atoms with Gasteiger partial charge in [0, 0.05) is 30.3 Å². The molecule has 3 N–H and O–H groups in total. The molecule has 0 aliphatic heterocycles. The Morgan fingerprint density at radius 1 is 0.967 bits per heavy atom. The molecule has 2 aromatic rings. The lowest BCUT2D eigenvalue weighted by Crippen LogP contribution is -2.30. The van der Waals surface area contributed by atoms with E-state index in [-0.39, 0.29) is 17.3 Å². The van der Waals surface area contributed by atoms with Crippen molar-refractivity contribution in [2.75, 3.05) is 42.1 Å². The first-order valence-electron chi connectivity index (χ1n) is 9.90. The van der Waals surface area contributed by atoms with E-state index < -0.39 is 10.0 Å². The summed E-state index contributed by atoms with van der Waals surface area (Å²) in [5.41, 5.74) is 2.80. The molecule has 0 saturated carbocycles. The number of aryl methyl sites for hydroxylation is 1. The van der Waals surface area contributed by atoms with Crippen molar-refractivity contribution >= 4 is 44.6 Å². The molecule has 0 radical (unpaired) electrons. The Hall–Kier alpha value is -2.29. The van der Waals surface area contributed by atoms with Crippen molar-refractivity contribution in [2.24, 2.45) is 0 Å². The van der Waals surface area contributed by atoms with Crippen molar-refractivity contribution < 1.29 is 13.2 Å². The van der Waals surface area contributed by atoms with E-state index in [1.54, 1.807) is 44.2 Å². The van der Waals surface area contributed by atoms with Crippen LogP contribution in [-0.4, -0.2) is 44.8 Å². The molecule has 0 aliphatic rings. The fourth-order valence-electron chi connectivity index (χ4n) is 2.99. The number of benzene rings is 2. The van der Waals surface area contributed by atoms with Gasteiger partial charge in [-0.3, -0.25) is 4.79 Å². The highest BCUT2D eigenvalue weighted by atomic mass is 35.5. The maximum absolute atomic E-state index is 12.9. The summed E-state index contributed by atoms with van der Waals surface area (Å²) in [5.74, 6) is -0.264. The van der Waals surface area contributed by atoms with Gasteiger partial charge in [-0.1, -0.05) is 31.5 Å². The Labute approximate surface area is 183 Å². The third kappa shape index (κ3) is 5.87. The van der Waals surface area contributed by atoms with Gasteiger partial charge in [0.05, 0.1) is 22.8 Å². The zero-order valence-electron chi connectivity index (χ0n) is 17.8. The molecule has 0 heterocycles. The van der Waals surface area contributed by atoms with Crippen LogP contribution in [-0.2, 0) is 14.8 Å². The second-order valence-corrected chi connectivity index (χ2v) is 9.06. The first-order chi connectivity index (χ1) is 14.2. The largest absolute Gasteiger partial charge is 0.384 e. The summed E-state index contributed by atoms with van der Waals surface area (Å²) in [6, 6.07) is 10.1. The fourth-order valence-corrected chi connectivity index (χ4v) is 4.64. The third-order valence-corrected chi connectivity index (χ3v) is 6.90. The fraction of sp³-hybridized carbons (Fsp3) is 0.381. The van der Waals surface area contributed by atoms with Gasteiger partial charge >= 0.3 is 0 Å². The molecule has 0 saturated heterocycles. The Kier molecular flexibility index (Phi) is 8.52. The predicted molar refractivity (Wildman–Crippen MR) is 124 cm³/mol. The molecule has 30 heavy (non-hydrogen) atoms. The van der Waals surface area contributed by atoms with Crippen LogP contribution in [0.4, 0.5) is 17.1 Å². The van der Waals surface area contributed by atoms with Gasteiger partial charge in [-0.2, -0.15) is 4.31 Å². The highest BCUT2D eigenvalue weighted by molar-refractivity contribution is 7.89. The number of carbonyl (C=O) groups is 1. The molecular weight excluding hydrogens is 424 g/mol. The van der Waals surface area contributed by atoms with Crippen molar-refractivity contribution in [2.45, 2.75) is 32.6 Å².